The van der Waals surface area contributed by atoms with E-state index in [9.17, 15) is 4.79 Å². The minimum Gasteiger partial charge on any atom is -0.353 e. The van der Waals surface area contributed by atoms with Crippen molar-refractivity contribution < 1.29 is 4.79 Å². The van der Waals surface area contributed by atoms with Gasteiger partial charge in [-0.2, -0.15) is 0 Å². The molecular formula is C21H41NO. The van der Waals surface area contributed by atoms with Gasteiger partial charge in [-0.1, -0.05) is 91.4 Å². The molecule has 2 heteroatoms. The van der Waals surface area contributed by atoms with Crippen LogP contribution in [0.4, 0.5) is 0 Å². The van der Waals surface area contributed by atoms with E-state index in [-0.39, 0.29) is 5.91 Å². The summed E-state index contributed by atoms with van der Waals surface area (Å²) in [5.41, 5.74) is 0. The lowest BCUT2D eigenvalue weighted by molar-refractivity contribution is -0.122. The van der Waals surface area contributed by atoms with Crippen LogP contribution >= 0.6 is 0 Å². The van der Waals surface area contributed by atoms with E-state index in [0.29, 0.717) is 12.0 Å². The Morgan fingerprint density at radius 2 is 1.43 bits per heavy atom. The minimum atomic E-state index is 0.288. The number of nitrogens with one attached hydrogen (secondary N) is 1. The van der Waals surface area contributed by atoms with E-state index in [1.54, 1.807) is 0 Å². The summed E-state index contributed by atoms with van der Waals surface area (Å²) in [5.74, 6) is 1.68. The first-order valence-corrected chi connectivity index (χ1v) is 10.4. The molecule has 1 rings (SSSR count). The van der Waals surface area contributed by atoms with Gasteiger partial charge in [-0.3, -0.25) is 4.79 Å². The second-order valence-corrected chi connectivity index (χ2v) is 7.87. The van der Waals surface area contributed by atoms with Gasteiger partial charge in [0.2, 0.25) is 5.91 Å². The van der Waals surface area contributed by atoms with Crippen LogP contribution in [-0.2, 0) is 4.79 Å². The Morgan fingerprint density at radius 3 is 2.04 bits per heavy atom. The van der Waals surface area contributed by atoms with Crippen LogP contribution in [0.25, 0.3) is 0 Å². The molecule has 1 amide bonds. The van der Waals surface area contributed by atoms with Crippen molar-refractivity contribution in [3.8, 4) is 0 Å². The standard InChI is InChI=1S/C21H41NO/c1-4-5-6-7-8-9-10-11-12-13-17-21(23)22-20-16-14-15-18(2)19(20)3/h18-20H,4-17H2,1-3H3,(H,22,23). The second kappa shape index (κ2) is 12.8. The van der Waals surface area contributed by atoms with Crippen molar-refractivity contribution >= 4 is 5.91 Å². The summed E-state index contributed by atoms with van der Waals surface area (Å²) in [6, 6.07) is 0.425. The first-order chi connectivity index (χ1) is 11.1. The summed E-state index contributed by atoms with van der Waals surface area (Å²) < 4.78 is 0. The zero-order valence-corrected chi connectivity index (χ0v) is 16.0. The number of rotatable bonds is 12. The molecule has 1 aliphatic carbocycles. The maximum atomic E-state index is 12.1. The number of hydrogen-bond donors (Lipinski definition) is 1. The third-order valence-corrected chi connectivity index (χ3v) is 5.81. The zero-order valence-electron chi connectivity index (χ0n) is 16.0. The van der Waals surface area contributed by atoms with Crippen molar-refractivity contribution in [1.82, 2.24) is 5.32 Å². The monoisotopic (exact) mass is 323 g/mol. The summed E-state index contributed by atoms with van der Waals surface area (Å²) >= 11 is 0. The fraction of sp³-hybridized carbons (Fsp3) is 0.952. The van der Waals surface area contributed by atoms with Crippen molar-refractivity contribution in [3.05, 3.63) is 0 Å². The first-order valence-electron chi connectivity index (χ1n) is 10.4. The molecule has 2 nitrogen and oxygen atoms in total. The fourth-order valence-electron chi connectivity index (χ4n) is 3.84. The third-order valence-electron chi connectivity index (χ3n) is 5.81. The third kappa shape index (κ3) is 9.37. The highest BCUT2D eigenvalue weighted by Gasteiger charge is 2.27. The Morgan fingerprint density at radius 1 is 0.870 bits per heavy atom. The lowest BCUT2D eigenvalue weighted by Crippen LogP contribution is -2.43. The van der Waals surface area contributed by atoms with Gasteiger partial charge >= 0.3 is 0 Å². The van der Waals surface area contributed by atoms with Crippen LogP contribution in [0.5, 0.6) is 0 Å². The van der Waals surface area contributed by atoms with E-state index in [1.807, 2.05) is 0 Å². The number of carbonyl (C=O) groups excluding carboxylic acids is 1. The highest BCUT2D eigenvalue weighted by molar-refractivity contribution is 5.76. The Labute approximate surface area is 145 Å². The lowest BCUT2D eigenvalue weighted by Gasteiger charge is -2.34. The molecule has 3 unspecified atom stereocenters. The number of unbranched alkanes of at least 4 members (excludes halogenated alkanes) is 9. The molecule has 23 heavy (non-hydrogen) atoms. The molecule has 0 heterocycles. The van der Waals surface area contributed by atoms with E-state index < -0.39 is 0 Å². The van der Waals surface area contributed by atoms with Gasteiger partial charge < -0.3 is 5.32 Å². The maximum Gasteiger partial charge on any atom is 0.220 e. The molecular weight excluding hydrogens is 282 g/mol. The van der Waals surface area contributed by atoms with Gasteiger partial charge in [0, 0.05) is 12.5 Å². The van der Waals surface area contributed by atoms with E-state index in [4.69, 9.17) is 0 Å². The minimum absolute atomic E-state index is 0.288. The van der Waals surface area contributed by atoms with Crippen LogP contribution in [0.3, 0.4) is 0 Å². The van der Waals surface area contributed by atoms with Crippen LogP contribution in [0, 0.1) is 11.8 Å². The maximum absolute atomic E-state index is 12.1. The Kier molecular flexibility index (Phi) is 11.5. The van der Waals surface area contributed by atoms with Crippen LogP contribution < -0.4 is 5.32 Å². The summed E-state index contributed by atoms with van der Waals surface area (Å²) in [6.07, 6.45) is 17.8. The van der Waals surface area contributed by atoms with E-state index in [2.05, 4.69) is 26.1 Å². The van der Waals surface area contributed by atoms with Gasteiger partial charge in [-0.15, -0.1) is 0 Å². The van der Waals surface area contributed by atoms with E-state index >= 15 is 0 Å². The lowest BCUT2D eigenvalue weighted by atomic mass is 9.78. The summed E-state index contributed by atoms with van der Waals surface area (Å²) in [5, 5.41) is 3.29. The van der Waals surface area contributed by atoms with Gasteiger partial charge in [-0.25, -0.2) is 0 Å². The van der Waals surface area contributed by atoms with Crippen LogP contribution in [0.15, 0.2) is 0 Å². The summed E-state index contributed by atoms with van der Waals surface area (Å²) in [7, 11) is 0. The second-order valence-electron chi connectivity index (χ2n) is 7.87. The molecule has 1 saturated carbocycles. The summed E-state index contributed by atoms with van der Waals surface area (Å²) in [6.45, 7) is 6.90. The van der Waals surface area contributed by atoms with Crippen molar-refractivity contribution in [2.24, 2.45) is 11.8 Å². The molecule has 0 bridgehead atoms. The van der Waals surface area contributed by atoms with Crippen LogP contribution in [0.1, 0.15) is 111 Å². The van der Waals surface area contributed by atoms with Gasteiger partial charge in [0.25, 0.3) is 0 Å². The normalized spacial score (nSPS) is 24.6. The highest BCUT2D eigenvalue weighted by atomic mass is 16.1. The largest absolute Gasteiger partial charge is 0.353 e. The Hall–Kier alpha value is -0.530. The molecule has 0 aromatic heterocycles. The van der Waals surface area contributed by atoms with Gasteiger partial charge in [0.1, 0.15) is 0 Å². The van der Waals surface area contributed by atoms with E-state index in [1.165, 1.54) is 77.0 Å². The van der Waals surface area contributed by atoms with Crippen LogP contribution in [-0.4, -0.2) is 11.9 Å². The molecule has 0 radical (unpaired) electrons. The molecule has 136 valence electrons. The van der Waals surface area contributed by atoms with Crippen molar-refractivity contribution in [2.45, 2.75) is 117 Å². The predicted molar refractivity (Wildman–Crippen MR) is 101 cm³/mol. The van der Waals surface area contributed by atoms with Crippen LogP contribution in [0.2, 0.25) is 0 Å². The molecule has 3 atom stereocenters. The van der Waals surface area contributed by atoms with Gasteiger partial charge in [0.15, 0.2) is 0 Å². The molecule has 0 spiro atoms. The first kappa shape index (κ1) is 20.5. The Bertz CT molecular complexity index is 302. The topological polar surface area (TPSA) is 29.1 Å². The molecule has 1 aliphatic rings. The number of hydrogen-bond acceptors (Lipinski definition) is 1. The van der Waals surface area contributed by atoms with Crippen molar-refractivity contribution in [2.75, 3.05) is 0 Å². The van der Waals surface area contributed by atoms with E-state index in [0.717, 1.165) is 18.8 Å². The molecule has 0 aromatic rings. The quantitative estimate of drug-likeness (QED) is 0.423. The highest BCUT2D eigenvalue weighted by Crippen LogP contribution is 2.29. The average Bonchev–Trinajstić information content (AvgIpc) is 2.53. The number of carbonyl (C=O) groups is 1. The molecule has 1 fully saturated rings. The Balaban J connectivity index is 1.94. The molecule has 0 aromatic carbocycles. The predicted octanol–water partition coefficient (Wildman–Crippen LogP) is 6.24. The molecule has 1 N–H and O–H groups in total. The van der Waals surface area contributed by atoms with Gasteiger partial charge in [-0.05, 0) is 24.7 Å². The fourth-order valence-corrected chi connectivity index (χ4v) is 3.84. The SMILES string of the molecule is CCCCCCCCCCCCC(=O)NC1CCCC(C)C1C. The van der Waals surface area contributed by atoms with Gasteiger partial charge in [0.05, 0.1) is 0 Å². The summed E-state index contributed by atoms with van der Waals surface area (Å²) in [4.78, 5) is 12.1. The van der Waals surface area contributed by atoms with Crippen molar-refractivity contribution in [1.29, 1.82) is 0 Å². The number of amides is 1. The van der Waals surface area contributed by atoms with Crippen molar-refractivity contribution in [3.63, 3.8) is 0 Å². The molecule has 0 saturated heterocycles. The smallest absolute Gasteiger partial charge is 0.220 e. The average molecular weight is 324 g/mol. The molecule has 0 aliphatic heterocycles. The zero-order chi connectivity index (χ0) is 16.9.